The van der Waals surface area contributed by atoms with E-state index >= 15 is 0 Å². The Balaban J connectivity index is 1.43. The van der Waals surface area contributed by atoms with Gasteiger partial charge in [-0.05, 0) is 91.6 Å². The van der Waals surface area contributed by atoms with Gasteiger partial charge in [0, 0.05) is 0 Å². The van der Waals surface area contributed by atoms with Crippen LogP contribution in [0.15, 0.2) is 72.8 Å². The topological polar surface area (TPSA) is 27.7 Å². The molecule has 0 aliphatic heterocycles. The van der Waals surface area contributed by atoms with Gasteiger partial charge in [0.2, 0.25) is 0 Å². The molecule has 0 aliphatic rings. The summed E-state index contributed by atoms with van der Waals surface area (Å²) in [7, 11) is -1.70. The largest absolute Gasteiger partial charge is 0.530 e. The summed E-state index contributed by atoms with van der Waals surface area (Å²) in [6, 6.07) is 25.8. The van der Waals surface area contributed by atoms with Crippen LogP contribution in [0.2, 0.25) is 0 Å². The fourth-order valence-corrected chi connectivity index (χ4v) is 9.44. The van der Waals surface area contributed by atoms with Crippen LogP contribution >= 0.6 is 8.60 Å². The molecule has 3 aromatic carbocycles. The predicted molar refractivity (Wildman–Crippen MR) is 269 cm³/mol. The van der Waals surface area contributed by atoms with Crippen molar-refractivity contribution in [2.75, 3.05) is 0 Å². The number of unbranched alkanes of at least 4 members (excludes halogenated alkanes) is 30. The molecule has 0 aromatic heterocycles. The van der Waals surface area contributed by atoms with Crippen molar-refractivity contribution in [1.82, 2.24) is 0 Å². The Morgan fingerprint density at radius 2 is 0.426 bits per heavy atom. The van der Waals surface area contributed by atoms with Crippen molar-refractivity contribution < 1.29 is 13.6 Å². The molecule has 4 heteroatoms. The molecule has 0 radical (unpaired) electrons. The molecule has 0 amide bonds. The molecule has 0 unspecified atom stereocenters. The van der Waals surface area contributed by atoms with Gasteiger partial charge in [0.05, 0.1) is 0 Å². The van der Waals surface area contributed by atoms with Gasteiger partial charge in [0.1, 0.15) is 17.2 Å². The maximum Gasteiger partial charge on any atom is 0.530 e. The fourth-order valence-electron chi connectivity index (χ4n) is 8.45. The Kier molecular flexibility index (Phi) is 32.9. The molecule has 0 saturated heterocycles. The van der Waals surface area contributed by atoms with Gasteiger partial charge in [0.15, 0.2) is 0 Å². The summed E-state index contributed by atoms with van der Waals surface area (Å²) in [6.45, 7) is 6.88. The maximum atomic E-state index is 6.46. The molecule has 0 N–H and O–H groups in total. The zero-order valence-electron chi connectivity index (χ0n) is 40.1. The van der Waals surface area contributed by atoms with Crippen LogP contribution in [0.5, 0.6) is 17.2 Å². The average molecular weight is 857 g/mol. The van der Waals surface area contributed by atoms with Gasteiger partial charge in [-0.1, -0.05) is 250 Å². The Bertz CT molecular complexity index is 1200. The fraction of sp³-hybridized carbons (Fsp3) is 0.684. The van der Waals surface area contributed by atoms with Gasteiger partial charge in [-0.15, -0.1) is 0 Å². The van der Waals surface area contributed by atoms with E-state index in [-0.39, 0.29) is 0 Å². The summed E-state index contributed by atoms with van der Waals surface area (Å²) in [4.78, 5) is 0. The van der Waals surface area contributed by atoms with Crippen molar-refractivity contribution in [2.24, 2.45) is 0 Å². The van der Waals surface area contributed by atoms with Crippen LogP contribution in [0.4, 0.5) is 0 Å². The Morgan fingerprint density at radius 1 is 0.246 bits per heavy atom. The summed E-state index contributed by atoms with van der Waals surface area (Å²) in [6.07, 6.45) is 48.7. The molecule has 344 valence electrons. The zero-order chi connectivity index (χ0) is 43.1. The highest BCUT2D eigenvalue weighted by molar-refractivity contribution is 7.43. The van der Waals surface area contributed by atoms with E-state index in [0.29, 0.717) is 0 Å². The molecule has 0 fully saturated rings. The van der Waals surface area contributed by atoms with Crippen LogP contribution in [-0.2, 0) is 19.3 Å². The van der Waals surface area contributed by atoms with Gasteiger partial charge < -0.3 is 13.6 Å². The first-order valence-electron chi connectivity index (χ1n) is 26.3. The molecular weight excluding hydrogens is 764 g/mol. The number of benzene rings is 3. The van der Waals surface area contributed by atoms with Crippen molar-refractivity contribution in [3.8, 4) is 17.2 Å². The summed E-state index contributed by atoms with van der Waals surface area (Å²) in [5, 5.41) is 0. The van der Waals surface area contributed by atoms with Crippen molar-refractivity contribution in [3.63, 3.8) is 0 Å². The van der Waals surface area contributed by atoms with Gasteiger partial charge in [0.25, 0.3) is 0 Å². The Hall–Kier alpha value is -2.51. The summed E-state index contributed by atoms with van der Waals surface area (Å²) < 4.78 is 19.4. The van der Waals surface area contributed by atoms with Crippen LogP contribution in [0.1, 0.15) is 249 Å². The van der Waals surface area contributed by atoms with E-state index in [4.69, 9.17) is 13.6 Å². The predicted octanol–water partition coefficient (Wildman–Crippen LogP) is 20.0. The molecule has 3 nitrogen and oxygen atoms in total. The van der Waals surface area contributed by atoms with Gasteiger partial charge in [-0.3, -0.25) is 0 Å². The molecule has 0 aliphatic carbocycles. The highest BCUT2D eigenvalue weighted by atomic mass is 31.2. The minimum Gasteiger partial charge on any atom is -0.409 e. The monoisotopic (exact) mass is 857 g/mol. The summed E-state index contributed by atoms with van der Waals surface area (Å²) in [5.41, 5.74) is 4.11. The zero-order valence-corrected chi connectivity index (χ0v) is 41.0. The number of hydrogen-bond acceptors (Lipinski definition) is 3. The third kappa shape index (κ3) is 28.7. The van der Waals surface area contributed by atoms with Gasteiger partial charge in [-0.2, -0.15) is 0 Å². The Morgan fingerprint density at radius 3 is 0.623 bits per heavy atom. The SMILES string of the molecule is CCCCCCCCCCCCCc1ccc(OP(Oc2ccc(CCCCCCCCCCCCC)cc2)Oc2ccc(CCCCCCCCCCCCC)cc2)cc1. The smallest absolute Gasteiger partial charge is 0.409 e. The van der Waals surface area contributed by atoms with Crippen molar-refractivity contribution in [3.05, 3.63) is 89.5 Å². The number of hydrogen-bond donors (Lipinski definition) is 0. The van der Waals surface area contributed by atoms with Crippen LogP contribution in [0, 0.1) is 0 Å². The van der Waals surface area contributed by atoms with Crippen molar-refractivity contribution in [1.29, 1.82) is 0 Å². The molecule has 3 rings (SSSR count). The van der Waals surface area contributed by atoms with E-state index in [2.05, 4.69) is 93.6 Å². The van der Waals surface area contributed by atoms with E-state index in [1.54, 1.807) is 0 Å². The molecule has 3 aromatic rings. The number of rotatable bonds is 42. The van der Waals surface area contributed by atoms with E-state index in [1.807, 2.05) is 0 Å². The average Bonchev–Trinajstić information content (AvgIpc) is 3.28. The van der Waals surface area contributed by atoms with Crippen LogP contribution in [0.25, 0.3) is 0 Å². The van der Waals surface area contributed by atoms with E-state index in [0.717, 1.165) is 36.5 Å². The van der Waals surface area contributed by atoms with Crippen LogP contribution < -0.4 is 13.6 Å². The highest BCUT2D eigenvalue weighted by Gasteiger charge is 2.20. The standard InChI is InChI=1S/C57H93O3P/c1-4-7-10-13-16-19-22-25-28-31-34-37-52-40-46-55(47-41-52)58-61(59-56-48-42-53(43-49-56)38-35-32-29-26-23-20-17-14-11-8-5-2)60-57-50-44-54(45-51-57)39-36-33-30-27-24-21-18-15-12-9-6-3/h40-51H,4-39H2,1-3H3. The lowest BCUT2D eigenvalue weighted by molar-refractivity contribution is 0.388. The second kappa shape index (κ2) is 38.0. The molecule has 0 spiro atoms. The molecule has 0 bridgehead atoms. The Labute approximate surface area is 379 Å². The molecule has 0 saturated carbocycles. The third-order valence-corrected chi connectivity index (χ3v) is 13.6. The lowest BCUT2D eigenvalue weighted by Crippen LogP contribution is -2.03. The van der Waals surface area contributed by atoms with E-state index in [1.165, 1.54) is 229 Å². The maximum absolute atomic E-state index is 6.46. The molecule has 61 heavy (non-hydrogen) atoms. The minimum absolute atomic E-state index is 0.787. The molecule has 0 atom stereocenters. The van der Waals surface area contributed by atoms with E-state index in [9.17, 15) is 0 Å². The second-order valence-corrected chi connectivity index (χ2v) is 19.3. The minimum atomic E-state index is -1.70. The normalized spacial score (nSPS) is 11.4. The van der Waals surface area contributed by atoms with Crippen molar-refractivity contribution in [2.45, 2.75) is 252 Å². The lowest BCUT2D eigenvalue weighted by Gasteiger charge is -2.18. The summed E-state index contributed by atoms with van der Waals surface area (Å²) in [5.74, 6) is 2.36. The first-order chi connectivity index (χ1) is 30.2. The highest BCUT2D eigenvalue weighted by Crippen LogP contribution is 2.42. The first kappa shape index (κ1) is 52.8. The van der Waals surface area contributed by atoms with Crippen LogP contribution in [0.3, 0.4) is 0 Å². The summed E-state index contributed by atoms with van der Waals surface area (Å²) >= 11 is 0. The van der Waals surface area contributed by atoms with Crippen molar-refractivity contribution >= 4 is 8.60 Å². The second-order valence-electron chi connectivity index (χ2n) is 18.3. The van der Waals surface area contributed by atoms with E-state index < -0.39 is 8.60 Å². The first-order valence-corrected chi connectivity index (χ1v) is 27.4. The lowest BCUT2D eigenvalue weighted by atomic mass is 10.0. The third-order valence-electron chi connectivity index (χ3n) is 12.5. The molecular formula is C57H93O3P. The number of aryl methyl sites for hydroxylation is 3. The quantitative estimate of drug-likeness (QED) is 0.0420. The van der Waals surface area contributed by atoms with Gasteiger partial charge >= 0.3 is 8.60 Å². The van der Waals surface area contributed by atoms with Crippen LogP contribution in [-0.4, -0.2) is 0 Å². The van der Waals surface area contributed by atoms with Gasteiger partial charge in [-0.25, -0.2) is 0 Å². The molecule has 0 heterocycles.